The van der Waals surface area contributed by atoms with Gasteiger partial charge in [-0.1, -0.05) is 31.0 Å². The van der Waals surface area contributed by atoms with Crippen molar-refractivity contribution < 1.29 is 23.3 Å². The molecule has 2 aliphatic carbocycles. The van der Waals surface area contributed by atoms with Gasteiger partial charge in [-0.2, -0.15) is 5.10 Å². The molecule has 1 fully saturated rings. The fraction of sp³-hybridized carbons (Fsp3) is 0.605. The molecule has 10 nitrogen and oxygen atoms in total. The minimum absolute atomic E-state index is 0.0386. The molecule has 2 bridgehead atoms. The van der Waals surface area contributed by atoms with Crippen LogP contribution in [0.1, 0.15) is 80.3 Å². The Hall–Kier alpha value is -3.15. The smallest absolute Gasteiger partial charge is 0.286 e. The number of aryl methyl sites for hydroxylation is 1. The molecule has 2 aromatic rings. The third kappa shape index (κ3) is 7.02. The molecule has 2 amide bonds. The third-order valence-electron chi connectivity index (χ3n) is 11.8. The predicted molar refractivity (Wildman–Crippen MR) is 197 cm³/mol. The number of rotatable bonds is 3. The number of halogens is 1. The molecule has 0 radical (unpaired) electrons. The van der Waals surface area contributed by atoms with Crippen LogP contribution in [0.2, 0.25) is 5.02 Å². The molecule has 0 aromatic heterocycles. The molecule has 7 rings (SSSR count). The molecule has 0 saturated heterocycles. The van der Waals surface area contributed by atoms with E-state index in [-0.39, 0.29) is 23.2 Å². The van der Waals surface area contributed by atoms with Gasteiger partial charge in [0, 0.05) is 49.0 Å². The van der Waals surface area contributed by atoms with Crippen LogP contribution in [-0.2, 0) is 31.3 Å². The predicted octanol–water partition coefficient (Wildman–Crippen LogP) is 6.25. The average Bonchev–Trinajstić information content (AvgIpc) is 3.33. The van der Waals surface area contributed by atoms with Crippen LogP contribution in [0.5, 0.6) is 5.75 Å². The number of nitrogens with zero attached hydrogens (tertiary/aromatic N) is 4. The molecular weight excluding hydrogens is 674 g/mol. The molecule has 50 heavy (non-hydrogen) atoms. The summed E-state index contributed by atoms with van der Waals surface area (Å²) in [7, 11) is 0.165. The van der Waals surface area contributed by atoms with Gasteiger partial charge in [0.15, 0.2) is 0 Å². The number of hydrogen-bond donors (Lipinski definition) is 1. The Morgan fingerprint density at radius 1 is 1.12 bits per heavy atom. The quantitative estimate of drug-likeness (QED) is 0.399. The number of hydrazone groups is 1. The highest BCUT2D eigenvalue weighted by atomic mass is 35.5. The largest absolute Gasteiger partial charge is 0.490 e. The van der Waals surface area contributed by atoms with Crippen LogP contribution in [0.15, 0.2) is 45.9 Å². The zero-order valence-electron chi connectivity index (χ0n) is 29.7. The number of anilines is 1. The van der Waals surface area contributed by atoms with E-state index >= 15 is 0 Å². The Bertz CT molecular complexity index is 1810. The number of carbonyl (C=O) groups is 2. The summed E-state index contributed by atoms with van der Waals surface area (Å²) in [6.07, 6.45) is 7.98. The van der Waals surface area contributed by atoms with Crippen molar-refractivity contribution in [1.82, 2.24) is 9.73 Å². The van der Waals surface area contributed by atoms with E-state index in [2.05, 4.69) is 31.2 Å². The normalized spacial score (nSPS) is 32.9. The van der Waals surface area contributed by atoms with E-state index in [4.69, 9.17) is 21.1 Å². The van der Waals surface area contributed by atoms with Crippen LogP contribution in [0.25, 0.3) is 0 Å². The topological polar surface area (TPSA) is 113 Å². The van der Waals surface area contributed by atoms with E-state index in [9.17, 15) is 13.8 Å². The summed E-state index contributed by atoms with van der Waals surface area (Å²) in [5, 5.41) is 6.80. The number of nitrogens with one attached hydrogen (secondary N) is 1. The zero-order valence-corrected chi connectivity index (χ0v) is 31.2. The molecule has 7 atom stereocenters. The van der Waals surface area contributed by atoms with E-state index in [1.807, 2.05) is 32.2 Å². The first-order valence-electron chi connectivity index (χ1n) is 18.2. The molecule has 2 aromatic carbocycles. The van der Waals surface area contributed by atoms with Gasteiger partial charge in [0.05, 0.1) is 36.6 Å². The minimum Gasteiger partial charge on any atom is -0.490 e. The molecular formula is C38H50ClN5O5S. The summed E-state index contributed by atoms with van der Waals surface area (Å²) in [5.41, 5.74) is 4.15. The highest BCUT2D eigenvalue weighted by Gasteiger charge is 2.44. The van der Waals surface area contributed by atoms with Crippen LogP contribution in [0, 0.1) is 23.7 Å². The number of amides is 2. The standard InChI is InChI=1S/C38H50ClN5O5S/c1-24-7-5-9-34(48-4)30-13-10-28(30)19-44-22-38(16-6-8-26-17-29(39)12-14-32(26)38)23-49-35-15-11-27(18-33(35)44)36(45)41-50(47,21-24)42-37(46)31-20-43(3)40-25(31)2/h11-12,14-15,17-18,24,28,30-31,34H,5-10,13,16,19-23H2,1-4H3,(H,41,42,45,46,47)/t24-,28-,30+,31?,34-,38-,50?/m0/s1. The SMILES string of the molecule is CO[C@H]1CCC[C@H](C)CS(=O)(NC(=O)C2CN(C)N=C2C)=NC(=O)c2ccc3c(c2)N(C[C@@H]2CC[C@H]21)C[C@@]1(CCCc2cc(Cl)ccc21)CO3. The second kappa shape index (κ2) is 14.1. The Morgan fingerprint density at radius 3 is 2.70 bits per heavy atom. The minimum atomic E-state index is -3.46. The van der Waals surface area contributed by atoms with E-state index in [0.717, 1.165) is 80.9 Å². The van der Waals surface area contributed by atoms with Gasteiger partial charge in [-0.05, 0) is 111 Å². The first kappa shape index (κ1) is 35.3. The van der Waals surface area contributed by atoms with Crippen LogP contribution in [-0.4, -0.2) is 79.0 Å². The van der Waals surface area contributed by atoms with E-state index in [1.165, 1.54) is 11.1 Å². The highest BCUT2D eigenvalue weighted by molar-refractivity contribution is 7.92. The third-order valence-corrected chi connectivity index (χ3v) is 14.0. The fourth-order valence-electron chi connectivity index (χ4n) is 9.05. The summed E-state index contributed by atoms with van der Waals surface area (Å²) in [5.74, 6) is 0.0654. The molecule has 1 spiro atoms. The molecule has 5 aliphatic rings. The first-order chi connectivity index (χ1) is 24.0. The Balaban J connectivity index is 1.28. The van der Waals surface area contributed by atoms with Crippen molar-refractivity contribution in [2.75, 3.05) is 51.1 Å². The number of methoxy groups -OCH3 is 1. The Morgan fingerprint density at radius 2 is 1.96 bits per heavy atom. The molecule has 1 saturated carbocycles. The van der Waals surface area contributed by atoms with Crippen molar-refractivity contribution in [3.8, 4) is 5.75 Å². The number of fused-ring (bicyclic) bond motifs is 4. The van der Waals surface area contributed by atoms with Gasteiger partial charge in [-0.15, -0.1) is 4.36 Å². The average molecular weight is 724 g/mol. The van der Waals surface area contributed by atoms with Gasteiger partial charge in [0.2, 0.25) is 5.91 Å². The lowest BCUT2D eigenvalue weighted by Gasteiger charge is -2.46. The van der Waals surface area contributed by atoms with Crippen LogP contribution in [0.4, 0.5) is 5.69 Å². The van der Waals surface area contributed by atoms with Gasteiger partial charge < -0.3 is 14.4 Å². The first-order valence-corrected chi connectivity index (χ1v) is 20.2. The maximum absolute atomic E-state index is 14.6. The van der Waals surface area contributed by atoms with Crippen molar-refractivity contribution in [2.24, 2.45) is 33.1 Å². The van der Waals surface area contributed by atoms with E-state index < -0.39 is 27.6 Å². The molecule has 3 aliphatic heterocycles. The fourth-order valence-corrected chi connectivity index (χ4v) is 11.2. The van der Waals surface area contributed by atoms with Crippen molar-refractivity contribution in [3.05, 3.63) is 58.1 Å². The molecule has 1 N–H and O–H groups in total. The van der Waals surface area contributed by atoms with Crippen LogP contribution < -0.4 is 14.4 Å². The summed E-state index contributed by atoms with van der Waals surface area (Å²) in [6, 6.07) is 11.7. The maximum Gasteiger partial charge on any atom is 0.286 e. The lowest BCUT2D eigenvalue weighted by atomic mass is 9.68. The maximum atomic E-state index is 14.6. The van der Waals surface area contributed by atoms with E-state index in [1.54, 1.807) is 25.0 Å². The van der Waals surface area contributed by atoms with Gasteiger partial charge in [0.1, 0.15) is 15.7 Å². The second-order valence-electron chi connectivity index (χ2n) is 15.4. The number of carbonyl (C=O) groups excluding carboxylic acids is 2. The summed E-state index contributed by atoms with van der Waals surface area (Å²) in [6.45, 7) is 6.28. The number of hydrogen-bond acceptors (Lipinski definition) is 8. The number of benzene rings is 2. The lowest BCUT2D eigenvalue weighted by Crippen LogP contribution is -2.49. The molecule has 3 heterocycles. The Labute approximate surface area is 301 Å². The van der Waals surface area contributed by atoms with Crippen molar-refractivity contribution >= 4 is 44.7 Å². The van der Waals surface area contributed by atoms with Crippen molar-refractivity contribution in [1.29, 1.82) is 0 Å². The summed E-state index contributed by atoms with van der Waals surface area (Å²) < 4.78 is 34.4. The molecule has 270 valence electrons. The Kier molecular flexibility index (Phi) is 9.95. The number of ether oxygens (including phenoxy) is 2. The second-order valence-corrected chi connectivity index (χ2v) is 17.8. The van der Waals surface area contributed by atoms with Crippen molar-refractivity contribution in [2.45, 2.75) is 76.7 Å². The van der Waals surface area contributed by atoms with Crippen LogP contribution in [0.3, 0.4) is 0 Å². The summed E-state index contributed by atoms with van der Waals surface area (Å²) in [4.78, 5) is 29.9. The lowest BCUT2D eigenvalue weighted by molar-refractivity contribution is -0.121. The van der Waals surface area contributed by atoms with Crippen molar-refractivity contribution in [3.63, 3.8) is 0 Å². The zero-order chi connectivity index (χ0) is 35.2. The molecule has 12 heteroatoms. The van der Waals surface area contributed by atoms with E-state index in [0.29, 0.717) is 36.3 Å². The van der Waals surface area contributed by atoms with Gasteiger partial charge in [0.25, 0.3) is 5.91 Å². The van der Waals surface area contributed by atoms with Gasteiger partial charge in [-0.25, -0.2) is 4.21 Å². The van der Waals surface area contributed by atoms with Gasteiger partial charge in [-0.3, -0.25) is 19.3 Å². The van der Waals surface area contributed by atoms with Gasteiger partial charge >= 0.3 is 0 Å². The monoisotopic (exact) mass is 723 g/mol. The summed E-state index contributed by atoms with van der Waals surface area (Å²) >= 11 is 6.46. The highest BCUT2D eigenvalue weighted by Crippen LogP contribution is 2.47. The molecule has 2 unspecified atom stereocenters. The van der Waals surface area contributed by atoms with Crippen LogP contribution >= 0.6 is 11.6 Å².